The van der Waals surface area contributed by atoms with E-state index < -0.39 is 17.5 Å². The summed E-state index contributed by atoms with van der Waals surface area (Å²) < 4.78 is 5.54. The van der Waals surface area contributed by atoms with Crippen molar-refractivity contribution in [1.82, 2.24) is 0 Å². The highest BCUT2D eigenvalue weighted by molar-refractivity contribution is 5.95. The molecule has 22 heavy (non-hydrogen) atoms. The number of benzene rings is 1. The Balaban J connectivity index is 2.52. The number of aryl methyl sites for hydroxylation is 1. The highest BCUT2D eigenvalue weighted by Crippen LogP contribution is 2.38. The maximum absolute atomic E-state index is 11.2. The van der Waals surface area contributed by atoms with Crippen molar-refractivity contribution < 1.29 is 24.9 Å². The Morgan fingerprint density at radius 2 is 1.68 bits per heavy atom. The van der Waals surface area contributed by atoms with Gasteiger partial charge in [0.1, 0.15) is 11.3 Å². The number of carboxylic acids is 1. The van der Waals surface area contributed by atoms with Gasteiger partial charge in [0.05, 0.1) is 6.61 Å². The SMILES string of the molecule is CCCCCCCCCOc1c(C)cc(O)c(O)c1C(=O)O. The minimum Gasteiger partial charge on any atom is -0.504 e. The first-order chi connectivity index (χ1) is 10.5. The molecule has 0 aliphatic heterocycles. The summed E-state index contributed by atoms with van der Waals surface area (Å²) in [5.41, 5.74) is 0.121. The monoisotopic (exact) mass is 310 g/mol. The maximum atomic E-state index is 11.2. The fraction of sp³-hybridized carbons (Fsp3) is 0.588. The summed E-state index contributed by atoms with van der Waals surface area (Å²) >= 11 is 0. The molecule has 0 aromatic heterocycles. The van der Waals surface area contributed by atoms with Crippen LogP contribution in [-0.4, -0.2) is 27.9 Å². The van der Waals surface area contributed by atoms with Crippen molar-refractivity contribution in [2.24, 2.45) is 0 Å². The van der Waals surface area contributed by atoms with Gasteiger partial charge in [0.2, 0.25) is 0 Å². The van der Waals surface area contributed by atoms with Crippen LogP contribution in [0.15, 0.2) is 6.07 Å². The van der Waals surface area contributed by atoms with Gasteiger partial charge in [-0.3, -0.25) is 0 Å². The minimum atomic E-state index is -1.31. The van der Waals surface area contributed by atoms with Crippen LogP contribution >= 0.6 is 0 Å². The van der Waals surface area contributed by atoms with Crippen molar-refractivity contribution >= 4 is 5.97 Å². The van der Waals surface area contributed by atoms with Crippen molar-refractivity contribution in [3.8, 4) is 17.2 Å². The number of hydrogen-bond acceptors (Lipinski definition) is 4. The topological polar surface area (TPSA) is 87.0 Å². The first-order valence-electron chi connectivity index (χ1n) is 7.90. The number of hydrogen-bond donors (Lipinski definition) is 3. The molecular formula is C17H26O5. The van der Waals surface area contributed by atoms with Gasteiger partial charge in [0.15, 0.2) is 11.5 Å². The van der Waals surface area contributed by atoms with Crippen molar-refractivity contribution in [3.63, 3.8) is 0 Å². The van der Waals surface area contributed by atoms with E-state index in [9.17, 15) is 15.0 Å². The van der Waals surface area contributed by atoms with Crippen LogP contribution in [-0.2, 0) is 0 Å². The first-order valence-corrected chi connectivity index (χ1v) is 7.90. The third-order valence-electron chi connectivity index (χ3n) is 3.63. The second-order valence-corrected chi connectivity index (χ2v) is 5.54. The maximum Gasteiger partial charge on any atom is 0.343 e. The van der Waals surface area contributed by atoms with E-state index in [4.69, 9.17) is 9.84 Å². The van der Waals surface area contributed by atoms with E-state index in [0.717, 1.165) is 19.3 Å². The Labute approximate surface area is 131 Å². The van der Waals surface area contributed by atoms with E-state index in [1.807, 2.05) is 0 Å². The molecule has 1 aromatic carbocycles. The summed E-state index contributed by atoms with van der Waals surface area (Å²) in [5.74, 6) is -2.27. The molecule has 3 N–H and O–H groups in total. The fourth-order valence-electron chi connectivity index (χ4n) is 2.39. The van der Waals surface area contributed by atoms with Gasteiger partial charge in [0, 0.05) is 0 Å². The summed E-state index contributed by atoms with van der Waals surface area (Å²) in [5, 5.41) is 28.4. The quantitative estimate of drug-likeness (QED) is 0.444. The van der Waals surface area contributed by atoms with E-state index in [2.05, 4.69) is 6.92 Å². The number of rotatable bonds is 10. The fourth-order valence-corrected chi connectivity index (χ4v) is 2.39. The van der Waals surface area contributed by atoms with E-state index >= 15 is 0 Å². The summed E-state index contributed by atoms with van der Waals surface area (Å²) in [6, 6.07) is 1.31. The van der Waals surface area contributed by atoms with Crippen LogP contribution in [0.4, 0.5) is 0 Å². The number of unbranched alkanes of at least 4 members (excludes halogenated alkanes) is 6. The van der Waals surface area contributed by atoms with Gasteiger partial charge < -0.3 is 20.1 Å². The predicted molar refractivity (Wildman–Crippen MR) is 85.0 cm³/mol. The number of phenolic OH excluding ortho intramolecular Hbond substituents is 1. The summed E-state index contributed by atoms with van der Waals surface area (Å²) in [4.78, 5) is 11.2. The molecule has 124 valence electrons. The van der Waals surface area contributed by atoms with Gasteiger partial charge in [-0.2, -0.15) is 0 Å². The molecule has 0 radical (unpaired) electrons. The molecule has 0 aliphatic rings. The van der Waals surface area contributed by atoms with Crippen LogP contribution < -0.4 is 4.74 Å². The minimum absolute atomic E-state index is 0.133. The van der Waals surface area contributed by atoms with Crippen LogP contribution in [0.5, 0.6) is 17.2 Å². The van der Waals surface area contributed by atoms with E-state index in [1.165, 1.54) is 31.7 Å². The lowest BCUT2D eigenvalue weighted by atomic mass is 10.1. The molecule has 1 aromatic rings. The molecule has 1 rings (SSSR count). The van der Waals surface area contributed by atoms with Crippen molar-refractivity contribution in [2.45, 2.75) is 58.8 Å². The lowest BCUT2D eigenvalue weighted by molar-refractivity contribution is 0.0687. The Kier molecular flexibility index (Phi) is 7.57. The summed E-state index contributed by atoms with van der Waals surface area (Å²) in [7, 11) is 0. The number of ether oxygens (including phenoxy) is 1. The zero-order valence-corrected chi connectivity index (χ0v) is 13.4. The van der Waals surface area contributed by atoms with Crippen LogP contribution in [0.2, 0.25) is 0 Å². The molecule has 0 atom stereocenters. The highest BCUT2D eigenvalue weighted by Gasteiger charge is 2.22. The number of carboxylic acid groups (broad SMARTS) is 1. The summed E-state index contributed by atoms with van der Waals surface area (Å²) in [6.45, 7) is 4.23. The molecule has 0 saturated carbocycles. The average molecular weight is 310 g/mol. The van der Waals surface area contributed by atoms with Crippen molar-refractivity contribution in [1.29, 1.82) is 0 Å². The Morgan fingerprint density at radius 1 is 1.09 bits per heavy atom. The molecule has 5 nitrogen and oxygen atoms in total. The lowest BCUT2D eigenvalue weighted by Crippen LogP contribution is -2.07. The van der Waals surface area contributed by atoms with Crippen LogP contribution in [0.25, 0.3) is 0 Å². The molecule has 0 amide bonds. The zero-order chi connectivity index (χ0) is 16.5. The van der Waals surface area contributed by atoms with E-state index in [1.54, 1.807) is 6.92 Å². The molecule has 5 heteroatoms. The van der Waals surface area contributed by atoms with Gasteiger partial charge in [-0.05, 0) is 25.0 Å². The largest absolute Gasteiger partial charge is 0.504 e. The van der Waals surface area contributed by atoms with Gasteiger partial charge in [-0.15, -0.1) is 0 Å². The third-order valence-corrected chi connectivity index (χ3v) is 3.63. The second kappa shape index (κ2) is 9.18. The number of aromatic hydroxyl groups is 2. The smallest absolute Gasteiger partial charge is 0.343 e. The molecule has 0 fully saturated rings. The van der Waals surface area contributed by atoms with Crippen LogP contribution in [0.1, 0.15) is 67.8 Å². The Hall–Kier alpha value is -1.91. The van der Waals surface area contributed by atoms with Crippen molar-refractivity contribution in [2.75, 3.05) is 6.61 Å². The normalized spacial score (nSPS) is 10.6. The second-order valence-electron chi connectivity index (χ2n) is 5.54. The van der Waals surface area contributed by atoms with E-state index in [0.29, 0.717) is 12.2 Å². The average Bonchev–Trinajstić information content (AvgIpc) is 2.46. The standard InChI is InChI=1S/C17H26O5/c1-3-4-5-6-7-8-9-10-22-16-12(2)11-13(18)15(19)14(16)17(20)21/h11,18-19H,3-10H2,1-2H3,(H,20,21). The predicted octanol–water partition coefficient (Wildman–Crippen LogP) is 4.23. The molecule has 0 saturated heterocycles. The zero-order valence-electron chi connectivity index (χ0n) is 13.4. The molecule has 0 bridgehead atoms. The first kappa shape index (κ1) is 18.1. The highest BCUT2D eigenvalue weighted by atomic mass is 16.5. The van der Waals surface area contributed by atoms with Gasteiger partial charge in [0.25, 0.3) is 0 Å². The van der Waals surface area contributed by atoms with Crippen molar-refractivity contribution in [3.05, 3.63) is 17.2 Å². The van der Waals surface area contributed by atoms with Crippen LogP contribution in [0.3, 0.4) is 0 Å². The number of carbonyl (C=O) groups is 1. The Morgan fingerprint density at radius 3 is 2.27 bits per heavy atom. The molecule has 0 unspecified atom stereocenters. The molecule has 0 spiro atoms. The lowest BCUT2D eigenvalue weighted by Gasteiger charge is -2.14. The number of phenols is 2. The molecule has 0 heterocycles. The molecular weight excluding hydrogens is 284 g/mol. The van der Waals surface area contributed by atoms with E-state index in [-0.39, 0.29) is 11.3 Å². The summed E-state index contributed by atoms with van der Waals surface area (Å²) in [6.07, 6.45) is 7.99. The van der Waals surface area contributed by atoms with Gasteiger partial charge in [-0.25, -0.2) is 4.79 Å². The molecule has 0 aliphatic carbocycles. The third kappa shape index (κ3) is 5.13. The Bertz CT molecular complexity index is 496. The van der Waals surface area contributed by atoms with Gasteiger partial charge >= 0.3 is 5.97 Å². The number of aromatic carboxylic acids is 1. The van der Waals surface area contributed by atoms with Gasteiger partial charge in [-0.1, -0.05) is 45.4 Å². The van der Waals surface area contributed by atoms with Crippen LogP contribution in [0, 0.1) is 6.92 Å².